The molecule has 1 aromatic heterocycles. The number of nitrogens with one attached hydrogen (secondary N) is 2. The van der Waals surface area contributed by atoms with Crippen molar-refractivity contribution in [2.45, 2.75) is 24.3 Å². The third-order valence-electron chi connectivity index (χ3n) is 3.68. The molecule has 120 valence electrons. The molecule has 2 aromatic carbocycles. The minimum atomic E-state index is -3.66. The van der Waals surface area contributed by atoms with E-state index in [1.54, 1.807) is 0 Å². The maximum absolute atomic E-state index is 12.9. The molecule has 1 unspecified atom stereocenters. The van der Waals surface area contributed by atoms with Gasteiger partial charge in [0.25, 0.3) is 0 Å². The quantitative estimate of drug-likeness (QED) is 0.753. The summed E-state index contributed by atoms with van der Waals surface area (Å²) in [4.78, 5) is 3.24. The van der Waals surface area contributed by atoms with E-state index in [1.165, 1.54) is 12.1 Å². The summed E-state index contributed by atoms with van der Waals surface area (Å²) in [5, 5.41) is 1.08. The molecule has 0 saturated heterocycles. The van der Waals surface area contributed by atoms with Crippen molar-refractivity contribution in [3.8, 4) is 0 Å². The van der Waals surface area contributed by atoms with Crippen LogP contribution in [0.4, 0.5) is 4.39 Å². The average molecular weight is 332 g/mol. The van der Waals surface area contributed by atoms with Crippen molar-refractivity contribution in [3.63, 3.8) is 0 Å². The van der Waals surface area contributed by atoms with Gasteiger partial charge in [-0.1, -0.05) is 18.2 Å². The number of rotatable bonds is 5. The minimum absolute atomic E-state index is 0.0599. The van der Waals surface area contributed by atoms with Crippen LogP contribution in [0.5, 0.6) is 0 Å². The Morgan fingerprint density at radius 2 is 1.83 bits per heavy atom. The van der Waals surface area contributed by atoms with Gasteiger partial charge < -0.3 is 4.98 Å². The van der Waals surface area contributed by atoms with Crippen molar-refractivity contribution < 1.29 is 12.8 Å². The van der Waals surface area contributed by atoms with Gasteiger partial charge in [-0.3, -0.25) is 0 Å². The zero-order valence-electron chi connectivity index (χ0n) is 12.6. The molecule has 0 radical (unpaired) electrons. The molecule has 1 heterocycles. The Bertz CT molecular complexity index is 917. The largest absolute Gasteiger partial charge is 0.361 e. The van der Waals surface area contributed by atoms with E-state index in [9.17, 15) is 12.8 Å². The van der Waals surface area contributed by atoms with E-state index in [0.717, 1.165) is 28.6 Å². The summed E-state index contributed by atoms with van der Waals surface area (Å²) in [6, 6.07) is 12.4. The van der Waals surface area contributed by atoms with Crippen LogP contribution in [-0.4, -0.2) is 19.4 Å². The molecule has 0 fully saturated rings. The maximum atomic E-state index is 12.9. The van der Waals surface area contributed by atoms with Crippen molar-refractivity contribution >= 4 is 20.9 Å². The maximum Gasteiger partial charge on any atom is 0.240 e. The molecule has 0 aliphatic rings. The molecular formula is C17H17FN2O2S. The lowest BCUT2D eigenvalue weighted by Crippen LogP contribution is -2.34. The molecule has 4 nitrogen and oxygen atoms in total. The highest BCUT2D eigenvalue weighted by Crippen LogP contribution is 2.19. The molecule has 3 rings (SSSR count). The third-order valence-corrected chi connectivity index (χ3v) is 5.29. The number of aromatic nitrogens is 1. The van der Waals surface area contributed by atoms with E-state index in [2.05, 4.69) is 9.71 Å². The van der Waals surface area contributed by atoms with Crippen LogP contribution in [0.1, 0.15) is 12.5 Å². The second-order valence-corrected chi connectivity index (χ2v) is 7.25. The predicted octanol–water partition coefficient (Wildman–Crippen LogP) is 3.22. The van der Waals surface area contributed by atoms with Gasteiger partial charge in [0.2, 0.25) is 10.0 Å². The summed E-state index contributed by atoms with van der Waals surface area (Å²) in [6.45, 7) is 1.81. The van der Waals surface area contributed by atoms with Crippen LogP contribution >= 0.6 is 0 Å². The summed E-state index contributed by atoms with van der Waals surface area (Å²) in [5.41, 5.74) is 2.07. The first kappa shape index (κ1) is 15.7. The van der Waals surface area contributed by atoms with Gasteiger partial charge in [0.05, 0.1) is 4.90 Å². The van der Waals surface area contributed by atoms with Crippen molar-refractivity contribution in [2.24, 2.45) is 0 Å². The molecule has 0 saturated carbocycles. The number of benzene rings is 2. The Balaban J connectivity index is 1.76. The second kappa shape index (κ2) is 6.14. The van der Waals surface area contributed by atoms with Crippen LogP contribution in [-0.2, 0) is 16.4 Å². The van der Waals surface area contributed by atoms with Gasteiger partial charge in [-0.15, -0.1) is 0 Å². The van der Waals surface area contributed by atoms with Crippen molar-refractivity contribution in [3.05, 3.63) is 66.1 Å². The van der Waals surface area contributed by atoms with E-state index in [-0.39, 0.29) is 10.9 Å². The van der Waals surface area contributed by atoms with Gasteiger partial charge in [-0.2, -0.15) is 0 Å². The number of para-hydroxylation sites is 1. The summed E-state index contributed by atoms with van der Waals surface area (Å²) < 4.78 is 40.2. The van der Waals surface area contributed by atoms with E-state index in [4.69, 9.17) is 0 Å². The lowest BCUT2D eigenvalue weighted by molar-refractivity contribution is 0.559. The normalized spacial score (nSPS) is 13.3. The third kappa shape index (κ3) is 3.43. The Labute approximate surface area is 134 Å². The molecule has 23 heavy (non-hydrogen) atoms. The monoisotopic (exact) mass is 332 g/mol. The molecule has 2 N–H and O–H groups in total. The van der Waals surface area contributed by atoms with Gasteiger partial charge in [0, 0.05) is 23.1 Å². The molecule has 0 aliphatic carbocycles. The molecule has 3 aromatic rings. The standard InChI is InChI=1S/C17H17FN2O2S/c1-12(10-13-11-19-17-5-3-2-4-16(13)17)20-23(21,22)15-8-6-14(18)7-9-15/h2-9,11-12,19-20H,10H2,1H3. The SMILES string of the molecule is CC(Cc1c[nH]c2ccccc12)NS(=O)(=O)c1ccc(F)cc1. The lowest BCUT2D eigenvalue weighted by Gasteiger charge is -2.14. The molecule has 0 spiro atoms. The zero-order chi connectivity index (χ0) is 16.4. The van der Waals surface area contributed by atoms with Gasteiger partial charge in [0.15, 0.2) is 0 Å². The van der Waals surface area contributed by atoms with Gasteiger partial charge in [-0.05, 0) is 49.2 Å². The molecule has 1 atom stereocenters. The first-order valence-electron chi connectivity index (χ1n) is 7.28. The number of hydrogen-bond donors (Lipinski definition) is 2. The number of sulfonamides is 1. The molecule has 0 bridgehead atoms. The van der Waals surface area contributed by atoms with Crippen LogP contribution in [0.15, 0.2) is 59.6 Å². The highest BCUT2D eigenvalue weighted by molar-refractivity contribution is 7.89. The van der Waals surface area contributed by atoms with E-state index in [0.29, 0.717) is 6.42 Å². The second-order valence-electron chi connectivity index (χ2n) is 5.54. The zero-order valence-corrected chi connectivity index (χ0v) is 13.4. The van der Waals surface area contributed by atoms with Crippen LogP contribution in [0.25, 0.3) is 10.9 Å². The van der Waals surface area contributed by atoms with E-state index in [1.807, 2.05) is 37.4 Å². The van der Waals surface area contributed by atoms with Crippen molar-refractivity contribution in [1.82, 2.24) is 9.71 Å². The molecule has 0 aliphatic heterocycles. The van der Waals surface area contributed by atoms with Crippen LogP contribution in [0.2, 0.25) is 0 Å². The number of halogens is 1. The summed E-state index contributed by atoms with van der Waals surface area (Å²) in [5.74, 6) is -0.462. The summed E-state index contributed by atoms with van der Waals surface area (Å²) in [7, 11) is -3.66. The number of fused-ring (bicyclic) bond motifs is 1. The number of aromatic amines is 1. The molecular weight excluding hydrogens is 315 g/mol. The first-order valence-corrected chi connectivity index (χ1v) is 8.77. The topological polar surface area (TPSA) is 62.0 Å². The fourth-order valence-corrected chi connectivity index (χ4v) is 3.86. The Morgan fingerprint density at radius 1 is 1.13 bits per heavy atom. The fraction of sp³-hybridized carbons (Fsp3) is 0.176. The molecule has 0 amide bonds. The Hall–Kier alpha value is -2.18. The van der Waals surface area contributed by atoms with Gasteiger partial charge in [0.1, 0.15) is 5.82 Å². The van der Waals surface area contributed by atoms with Crippen LogP contribution in [0.3, 0.4) is 0 Å². The fourth-order valence-electron chi connectivity index (χ4n) is 2.62. The summed E-state index contributed by atoms with van der Waals surface area (Å²) in [6.07, 6.45) is 2.46. The smallest absolute Gasteiger partial charge is 0.240 e. The average Bonchev–Trinajstić information content (AvgIpc) is 2.90. The highest BCUT2D eigenvalue weighted by Gasteiger charge is 2.18. The van der Waals surface area contributed by atoms with Gasteiger partial charge in [-0.25, -0.2) is 17.5 Å². The van der Waals surface area contributed by atoms with Crippen molar-refractivity contribution in [1.29, 1.82) is 0 Å². The van der Waals surface area contributed by atoms with Gasteiger partial charge >= 0.3 is 0 Å². The lowest BCUT2D eigenvalue weighted by atomic mass is 10.1. The van der Waals surface area contributed by atoms with Crippen LogP contribution < -0.4 is 4.72 Å². The van der Waals surface area contributed by atoms with E-state index < -0.39 is 15.8 Å². The minimum Gasteiger partial charge on any atom is -0.361 e. The van der Waals surface area contributed by atoms with Crippen molar-refractivity contribution in [2.75, 3.05) is 0 Å². The van der Waals surface area contributed by atoms with E-state index >= 15 is 0 Å². The number of hydrogen-bond acceptors (Lipinski definition) is 2. The van der Waals surface area contributed by atoms with Crippen LogP contribution in [0, 0.1) is 5.82 Å². The summed E-state index contributed by atoms with van der Waals surface area (Å²) >= 11 is 0. The Kier molecular flexibility index (Phi) is 4.19. The first-order chi connectivity index (χ1) is 11.0. The Morgan fingerprint density at radius 3 is 2.57 bits per heavy atom. The molecule has 6 heteroatoms. The highest BCUT2D eigenvalue weighted by atomic mass is 32.2. The predicted molar refractivity (Wildman–Crippen MR) is 88.2 cm³/mol. The number of H-pyrrole nitrogens is 1.